The van der Waals surface area contributed by atoms with Gasteiger partial charge in [-0.25, -0.2) is 0 Å². The highest BCUT2D eigenvalue weighted by molar-refractivity contribution is 6.01. The molecule has 1 aromatic rings. The molecule has 0 N–H and O–H groups in total. The van der Waals surface area contributed by atoms with Gasteiger partial charge in [0.05, 0.1) is 20.1 Å². The quantitative estimate of drug-likeness (QED) is 0.782. The van der Waals surface area contributed by atoms with Gasteiger partial charge in [0.15, 0.2) is 5.78 Å². The molecule has 0 unspecified atom stereocenters. The number of ketones is 1. The van der Waals surface area contributed by atoms with Crippen molar-refractivity contribution in [2.45, 2.75) is 26.2 Å². The molecule has 102 valence electrons. The number of hydrogen-bond donors (Lipinski definition) is 0. The Morgan fingerprint density at radius 3 is 2.89 bits per heavy atom. The third-order valence-electron chi connectivity index (χ3n) is 3.43. The molecule has 0 fully saturated rings. The van der Waals surface area contributed by atoms with Gasteiger partial charge in [-0.15, -0.1) is 0 Å². The van der Waals surface area contributed by atoms with Crippen molar-refractivity contribution in [1.29, 1.82) is 0 Å². The number of hydrogen-bond acceptors (Lipinski definition) is 4. The summed E-state index contributed by atoms with van der Waals surface area (Å²) in [7, 11) is 1.61. The van der Waals surface area contributed by atoms with Gasteiger partial charge in [-0.1, -0.05) is 0 Å². The zero-order valence-electron chi connectivity index (χ0n) is 11.3. The van der Waals surface area contributed by atoms with E-state index in [1.807, 2.05) is 6.07 Å². The molecule has 0 aliphatic heterocycles. The molecule has 1 aliphatic rings. The lowest BCUT2D eigenvalue weighted by molar-refractivity contribution is -0.144. The van der Waals surface area contributed by atoms with Crippen LogP contribution in [0.25, 0.3) is 0 Å². The predicted molar refractivity (Wildman–Crippen MR) is 70.4 cm³/mol. The summed E-state index contributed by atoms with van der Waals surface area (Å²) in [5, 5.41) is 0. The Bertz CT molecular complexity index is 493. The van der Waals surface area contributed by atoms with Crippen molar-refractivity contribution in [3.8, 4) is 5.75 Å². The van der Waals surface area contributed by atoms with Gasteiger partial charge in [0, 0.05) is 11.5 Å². The number of carbonyl (C=O) groups is 2. The fourth-order valence-electron chi connectivity index (χ4n) is 2.44. The predicted octanol–water partition coefficient (Wildman–Crippen LogP) is 2.39. The monoisotopic (exact) mass is 262 g/mol. The molecule has 0 amide bonds. The molecular weight excluding hydrogens is 244 g/mol. The smallest absolute Gasteiger partial charge is 0.306 e. The Labute approximate surface area is 112 Å². The summed E-state index contributed by atoms with van der Waals surface area (Å²) < 4.78 is 10.1. The molecule has 0 heterocycles. The lowest BCUT2D eigenvalue weighted by Crippen LogP contribution is -2.25. The minimum absolute atomic E-state index is 0.0388. The van der Waals surface area contributed by atoms with Crippen LogP contribution in [-0.4, -0.2) is 25.5 Å². The Hall–Kier alpha value is -1.84. The number of methoxy groups -OCH3 is 1. The van der Waals surface area contributed by atoms with Crippen molar-refractivity contribution in [3.63, 3.8) is 0 Å². The van der Waals surface area contributed by atoms with Crippen LogP contribution in [0.1, 0.15) is 35.7 Å². The molecule has 19 heavy (non-hydrogen) atoms. The molecule has 0 aromatic heterocycles. The molecule has 2 rings (SSSR count). The van der Waals surface area contributed by atoms with Gasteiger partial charge < -0.3 is 9.47 Å². The fraction of sp³-hybridized carbons (Fsp3) is 0.467. The van der Waals surface area contributed by atoms with Crippen LogP contribution >= 0.6 is 0 Å². The average Bonchev–Trinajstić information content (AvgIpc) is 2.42. The summed E-state index contributed by atoms with van der Waals surface area (Å²) in [5.74, 6) is 0.255. The van der Waals surface area contributed by atoms with Gasteiger partial charge in [0.25, 0.3) is 0 Å². The summed E-state index contributed by atoms with van der Waals surface area (Å²) in [6.45, 7) is 2.12. The van der Waals surface area contributed by atoms with E-state index in [2.05, 4.69) is 0 Å². The maximum absolute atomic E-state index is 12.3. The van der Waals surface area contributed by atoms with Crippen LogP contribution in [0.4, 0.5) is 0 Å². The van der Waals surface area contributed by atoms with Crippen molar-refractivity contribution in [2.24, 2.45) is 5.92 Å². The van der Waals surface area contributed by atoms with E-state index in [0.29, 0.717) is 18.6 Å². The SMILES string of the molecule is CCOC(=O)C[C@@H]1CCc2cc(OC)ccc2C1=O. The molecule has 1 aliphatic carbocycles. The topological polar surface area (TPSA) is 52.6 Å². The second-order valence-corrected chi connectivity index (χ2v) is 4.63. The van der Waals surface area contributed by atoms with E-state index in [4.69, 9.17) is 9.47 Å². The van der Waals surface area contributed by atoms with E-state index in [1.54, 1.807) is 26.2 Å². The van der Waals surface area contributed by atoms with Crippen LogP contribution < -0.4 is 4.74 Å². The van der Waals surface area contributed by atoms with Gasteiger partial charge in [-0.2, -0.15) is 0 Å². The van der Waals surface area contributed by atoms with Gasteiger partial charge in [-0.3, -0.25) is 9.59 Å². The minimum Gasteiger partial charge on any atom is -0.497 e. The van der Waals surface area contributed by atoms with E-state index in [-0.39, 0.29) is 24.1 Å². The number of benzene rings is 1. The molecule has 4 heteroatoms. The second kappa shape index (κ2) is 5.87. The molecule has 0 bridgehead atoms. The second-order valence-electron chi connectivity index (χ2n) is 4.63. The first-order valence-electron chi connectivity index (χ1n) is 6.52. The molecule has 0 saturated carbocycles. The summed E-state index contributed by atoms with van der Waals surface area (Å²) in [5.41, 5.74) is 1.71. The fourth-order valence-corrected chi connectivity index (χ4v) is 2.44. The summed E-state index contributed by atoms with van der Waals surface area (Å²) in [6.07, 6.45) is 1.66. The summed E-state index contributed by atoms with van der Waals surface area (Å²) in [4.78, 5) is 23.8. The van der Waals surface area contributed by atoms with E-state index in [9.17, 15) is 9.59 Å². The van der Waals surface area contributed by atoms with Gasteiger partial charge in [0.1, 0.15) is 5.75 Å². The van der Waals surface area contributed by atoms with E-state index < -0.39 is 0 Å². The number of Topliss-reactive ketones (excluding diaryl/α,β-unsaturated/α-hetero) is 1. The number of aryl methyl sites for hydroxylation is 1. The van der Waals surface area contributed by atoms with Crippen molar-refractivity contribution >= 4 is 11.8 Å². The highest BCUT2D eigenvalue weighted by atomic mass is 16.5. The molecule has 0 spiro atoms. The maximum atomic E-state index is 12.3. The maximum Gasteiger partial charge on any atom is 0.306 e. The van der Waals surface area contributed by atoms with Gasteiger partial charge >= 0.3 is 5.97 Å². The van der Waals surface area contributed by atoms with Crippen LogP contribution in [-0.2, 0) is 16.0 Å². The van der Waals surface area contributed by atoms with Crippen molar-refractivity contribution in [1.82, 2.24) is 0 Å². The summed E-state index contributed by atoms with van der Waals surface area (Å²) >= 11 is 0. The van der Waals surface area contributed by atoms with Crippen molar-refractivity contribution in [2.75, 3.05) is 13.7 Å². The minimum atomic E-state index is -0.294. The Kier molecular flexibility index (Phi) is 4.20. The molecular formula is C15H18O4. The summed E-state index contributed by atoms with van der Waals surface area (Å²) in [6, 6.07) is 5.46. The number of carbonyl (C=O) groups excluding carboxylic acids is 2. The standard InChI is InChI=1S/C15H18O4/c1-3-19-14(16)9-11-5-4-10-8-12(18-2)6-7-13(10)15(11)17/h6-8,11H,3-5,9H2,1-2H3/t11-/m0/s1. The Morgan fingerprint density at radius 1 is 1.42 bits per heavy atom. The Balaban J connectivity index is 2.13. The zero-order chi connectivity index (χ0) is 13.8. The third-order valence-corrected chi connectivity index (χ3v) is 3.43. The molecule has 0 saturated heterocycles. The van der Waals surface area contributed by atoms with Crippen LogP contribution in [0, 0.1) is 5.92 Å². The number of esters is 1. The zero-order valence-corrected chi connectivity index (χ0v) is 11.3. The number of fused-ring (bicyclic) bond motifs is 1. The lowest BCUT2D eigenvalue weighted by Gasteiger charge is -2.23. The molecule has 0 radical (unpaired) electrons. The van der Waals surface area contributed by atoms with E-state index in [0.717, 1.165) is 17.7 Å². The molecule has 1 aromatic carbocycles. The Morgan fingerprint density at radius 2 is 2.21 bits per heavy atom. The highest BCUT2D eigenvalue weighted by Crippen LogP contribution is 2.30. The first-order valence-corrected chi connectivity index (χ1v) is 6.52. The number of rotatable bonds is 4. The van der Waals surface area contributed by atoms with Crippen molar-refractivity contribution in [3.05, 3.63) is 29.3 Å². The largest absolute Gasteiger partial charge is 0.497 e. The highest BCUT2D eigenvalue weighted by Gasteiger charge is 2.29. The van der Waals surface area contributed by atoms with Crippen LogP contribution in [0.15, 0.2) is 18.2 Å². The average molecular weight is 262 g/mol. The molecule has 4 nitrogen and oxygen atoms in total. The van der Waals surface area contributed by atoms with Crippen LogP contribution in [0.3, 0.4) is 0 Å². The lowest BCUT2D eigenvalue weighted by atomic mass is 9.81. The van der Waals surface area contributed by atoms with E-state index in [1.165, 1.54) is 0 Å². The number of ether oxygens (including phenoxy) is 2. The van der Waals surface area contributed by atoms with E-state index >= 15 is 0 Å². The van der Waals surface area contributed by atoms with Gasteiger partial charge in [-0.05, 0) is 43.5 Å². The third kappa shape index (κ3) is 2.95. The first-order chi connectivity index (χ1) is 9.15. The van der Waals surface area contributed by atoms with Crippen LogP contribution in [0.2, 0.25) is 0 Å². The van der Waals surface area contributed by atoms with Crippen LogP contribution in [0.5, 0.6) is 5.75 Å². The normalized spacial score (nSPS) is 17.8. The first kappa shape index (κ1) is 13.6. The van der Waals surface area contributed by atoms with Gasteiger partial charge in [0.2, 0.25) is 0 Å². The molecule has 1 atom stereocenters. The van der Waals surface area contributed by atoms with Crippen molar-refractivity contribution < 1.29 is 19.1 Å².